The second-order valence-corrected chi connectivity index (χ2v) is 8.12. The summed E-state index contributed by atoms with van der Waals surface area (Å²) >= 11 is 5.94. The number of rotatable bonds is 8. The molecule has 1 fully saturated rings. The number of methoxy groups -OCH3 is 2. The fourth-order valence-electron chi connectivity index (χ4n) is 3.95. The summed E-state index contributed by atoms with van der Waals surface area (Å²) in [7, 11) is 3.10. The summed E-state index contributed by atoms with van der Waals surface area (Å²) in [6, 6.07) is 14.0. The Balaban J connectivity index is 1.60. The molecule has 2 aromatic carbocycles. The van der Waals surface area contributed by atoms with Crippen molar-refractivity contribution < 1.29 is 28.3 Å². The summed E-state index contributed by atoms with van der Waals surface area (Å²) in [6.07, 6.45) is 1.69. The van der Waals surface area contributed by atoms with E-state index in [2.05, 4.69) is 0 Å². The van der Waals surface area contributed by atoms with E-state index in [0.29, 0.717) is 28.6 Å². The number of anilines is 1. The van der Waals surface area contributed by atoms with Crippen LogP contribution in [0.4, 0.5) is 5.69 Å². The highest BCUT2D eigenvalue weighted by Crippen LogP contribution is 2.30. The van der Waals surface area contributed by atoms with Crippen molar-refractivity contribution in [1.82, 2.24) is 4.90 Å². The van der Waals surface area contributed by atoms with E-state index in [9.17, 15) is 14.4 Å². The molecule has 1 aliphatic rings. The number of carbonyl (C=O) groups excluding carboxylic acids is 3. The van der Waals surface area contributed by atoms with E-state index < -0.39 is 17.9 Å². The molecule has 9 heteroatoms. The molecule has 0 spiro atoms. The van der Waals surface area contributed by atoms with Gasteiger partial charge in [-0.15, -0.1) is 0 Å². The highest BCUT2D eigenvalue weighted by Gasteiger charge is 2.44. The zero-order chi connectivity index (χ0) is 24.2. The van der Waals surface area contributed by atoms with Crippen molar-refractivity contribution in [3.63, 3.8) is 0 Å². The van der Waals surface area contributed by atoms with Crippen LogP contribution in [-0.2, 0) is 16.0 Å². The first-order valence-corrected chi connectivity index (χ1v) is 11.0. The maximum Gasteiger partial charge on any atom is 0.290 e. The van der Waals surface area contributed by atoms with Gasteiger partial charge in [-0.05, 0) is 60.5 Å². The van der Waals surface area contributed by atoms with Crippen molar-refractivity contribution in [2.75, 3.05) is 25.7 Å². The summed E-state index contributed by atoms with van der Waals surface area (Å²) in [6.45, 7) is 0.188. The zero-order valence-corrected chi connectivity index (χ0v) is 19.4. The second-order valence-electron chi connectivity index (χ2n) is 7.68. The molecule has 0 aliphatic carbocycles. The van der Waals surface area contributed by atoms with Crippen molar-refractivity contribution in [3.05, 3.63) is 77.2 Å². The molecule has 2 heterocycles. The quantitative estimate of drug-likeness (QED) is 0.451. The normalized spacial score (nSPS) is 15.5. The molecule has 34 heavy (non-hydrogen) atoms. The van der Waals surface area contributed by atoms with Gasteiger partial charge in [0.05, 0.1) is 32.6 Å². The first kappa shape index (κ1) is 23.4. The van der Waals surface area contributed by atoms with Crippen molar-refractivity contribution in [2.45, 2.75) is 18.9 Å². The SMILES string of the molecule is COc1ccc(CCN(C(=O)c2ccco2)C2CC(=O)N(c3ccc(Cl)cc3)C2=O)cc1OC. The predicted molar refractivity (Wildman–Crippen MR) is 125 cm³/mol. The van der Waals surface area contributed by atoms with Crippen LogP contribution in [-0.4, -0.2) is 49.4 Å². The Morgan fingerprint density at radius 1 is 1.09 bits per heavy atom. The van der Waals surface area contributed by atoms with E-state index in [-0.39, 0.29) is 24.6 Å². The van der Waals surface area contributed by atoms with Gasteiger partial charge in [-0.2, -0.15) is 0 Å². The molecular weight excluding hydrogens is 460 g/mol. The largest absolute Gasteiger partial charge is 0.493 e. The zero-order valence-electron chi connectivity index (χ0n) is 18.7. The van der Waals surface area contributed by atoms with E-state index in [1.807, 2.05) is 12.1 Å². The van der Waals surface area contributed by atoms with Gasteiger partial charge >= 0.3 is 0 Å². The molecule has 1 saturated heterocycles. The smallest absolute Gasteiger partial charge is 0.290 e. The molecule has 0 N–H and O–H groups in total. The van der Waals surface area contributed by atoms with Gasteiger partial charge in [0.25, 0.3) is 11.8 Å². The maximum absolute atomic E-state index is 13.3. The maximum atomic E-state index is 13.3. The number of amides is 3. The Morgan fingerprint density at radius 3 is 2.47 bits per heavy atom. The van der Waals surface area contributed by atoms with Crippen LogP contribution in [0.25, 0.3) is 0 Å². The molecule has 1 aliphatic heterocycles. The van der Waals surface area contributed by atoms with E-state index >= 15 is 0 Å². The third kappa shape index (κ3) is 4.63. The predicted octanol–water partition coefficient (Wildman–Crippen LogP) is 3.97. The molecule has 176 valence electrons. The van der Waals surface area contributed by atoms with Crippen LogP contribution in [0.15, 0.2) is 65.3 Å². The molecule has 1 aromatic heterocycles. The summed E-state index contributed by atoms with van der Waals surface area (Å²) in [5.74, 6) is -0.0813. The van der Waals surface area contributed by atoms with Gasteiger partial charge in [-0.25, -0.2) is 4.90 Å². The van der Waals surface area contributed by atoms with Crippen LogP contribution in [0.2, 0.25) is 5.02 Å². The van der Waals surface area contributed by atoms with E-state index in [0.717, 1.165) is 10.5 Å². The van der Waals surface area contributed by atoms with Gasteiger partial charge in [0.2, 0.25) is 5.91 Å². The standard InChI is InChI=1S/C25H23ClN2O6/c1-32-20-10-5-16(14-22(20)33-2)11-12-27(25(31)21-4-3-13-34-21)19-15-23(29)28(24(19)30)18-8-6-17(26)7-9-18/h3-10,13-14,19H,11-12,15H2,1-2H3. The highest BCUT2D eigenvalue weighted by atomic mass is 35.5. The van der Waals surface area contributed by atoms with E-state index in [4.69, 9.17) is 25.5 Å². The van der Waals surface area contributed by atoms with Crippen LogP contribution in [0.5, 0.6) is 11.5 Å². The monoisotopic (exact) mass is 482 g/mol. The molecule has 1 atom stereocenters. The van der Waals surface area contributed by atoms with Crippen LogP contribution < -0.4 is 14.4 Å². The molecule has 1 unspecified atom stereocenters. The third-order valence-electron chi connectivity index (χ3n) is 5.67. The molecule has 4 rings (SSSR count). The summed E-state index contributed by atoms with van der Waals surface area (Å²) in [4.78, 5) is 41.9. The van der Waals surface area contributed by atoms with Crippen LogP contribution in [0.1, 0.15) is 22.5 Å². The third-order valence-corrected chi connectivity index (χ3v) is 5.92. The van der Waals surface area contributed by atoms with Gasteiger partial charge in [0, 0.05) is 11.6 Å². The average Bonchev–Trinajstić information content (AvgIpc) is 3.48. The lowest BCUT2D eigenvalue weighted by atomic mass is 10.1. The van der Waals surface area contributed by atoms with E-state index in [1.54, 1.807) is 50.6 Å². The topological polar surface area (TPSA) is 89.3 Å². The van der Waals surface area contributed by atoms with Crippen molar-refractivity contribution >= 4 is 35.0 Å². The number of benzene rings is 2. The number of ether oxygens (including phenoxy) is 2. The minimum atomic E-state index is -0.957. The summed E-state index contributed by atoms with van der Waals surface area (Å²) in [5.41, 5.74) is 1.29. The van der Waals surface area contributed by atoms with Gasteiger partial charge in [0.1, 0.15) is 6.04 Å². The lowest BCUT2D eigenvalue weighted by molar-refractivity contribution is -0.122. The fraction of sp³-hybridized carbons (Fsp3) is 0.240. The van der Waals surface area contributed by atoms with Gasteiger partial charge in [-0.3, -0.25) is 14.4 Å². The highest BCUT2D eigenvalue weighted by molar-refractivity contribution is 6.31. The number of hydrogen-bond acceptors (Lipinski definition) is 6. The molecule has 3 amide bonds. The summed E-state index contributed by atoms with van der Waals surface area (Å²) in [5, 5.41) is 0.490. The number of carbonyl (C=O) groups is 3. The molecular formula is C25H23ClN2O6. The minimum absolute atomic E-state index is 0.0949. The number of hydrogen-bond donors (Lipinski definition) is 0. The van der Waals surface area contributed by atoms with Crippen molar-refractivity contribution in [2.24, 2.45) is 0 Å². The van der Waals surface area contributed by atoms with Crippen LogP contribution in [0.3, 0.4) is 0 Å². The fourth-order valence-corrected chi connectivity index (χ4v) is 4.07. The first-order chi connectivity index (χ1) is 16.4. The Labute approximate surface area is 201 Å². The second kappa shape index (κ2) is 10.0. The van der Waals surface area contributed by atoms with Crippen LogP contribution in [0, 0.1) is 0 Å². The van der Waals surface area contributed by atoms with Gasteiger partial charge in [-0.1, -0.05) is 17.7 Å². The number of imide groups is 1. The van der Waals surface area contributed by atoms with Crippen molar-refractivity contribution in [1.29, 1.82) is 0 Å². The van der Waals surface area contributed by atoms with Crippen molar-refractivity contribution in [3.8, 4) is 11.5 Å². The molecule has 0 saturated carbocycles. The Bertz CT molecular complexity index is 1190. The Kier molecular flexibility index (Phi) is 6.88. The first-order valence-electron chi connectivity index (χ1n) is 10.6. The lowest BCUT2D eigenvalue weighted by Gasteiger charge is -2.27. The molecule has 0 radical (unpaired) electrons. The number of nitrogens with zero attached hydrogens (tertiary/aromatic N) is 2. The van der Waals surface area contributed by atoms with E-state index in [1.165, 1.54) is 17.2 Å². The lowest BCUT2D eigenvalue weighted by Crippen LogP contribution is -2.46. The molecule has 8 nitrogen and oxygen atoms in total. The molecule has 0 bridgehead atoms. The van der Waals surface area contributed by atoms with Crippen LogP contribution >= 0.6 is 11.6 Å². The average molecular weight is 483 g/mol. The summed E-state index contributed by atoms with van der Waals surface area (Å²) < 4.78 is 15.9. The van der Waals surface area contributed by atoms with Gasteiger partial charge in [0.15, 0.2) is 17.3 Å². The Hall–Kier alpha value is -3.78. The number of halogens is 1. The minimum Gasteiger partial charge on any atom is -0.493 e. The van der Waals surface area contributed by atoms with Gasteiger partial charge < -0.3 is 18.8 Å². The Morgan fingerprint density at radius 2 is 1.82 bits per heavy atom. The molecule has 3 aromatic rings. The number of furan rings is 1.